The lowest BCUT2D eigenvalue weighted by Gasteiger charge is -2.12. The summed E-state index contributed by atoms with van der Waals surface area (Å²) in [5, 5.41) is 9.35. The van der Waals surface area contributed by atoms with E-state index in [4.69, 9.17) is 29.9 Å². The van der Waals surface area contributed by atoms with E-state index in [-0.39, 0.29) is 17.7 Å². The van der Waals surface area contributed by atoms with Crippen LogP contribution in [0, 0.1) is 0 Å². The summed E-state index contributed by atoms with van der Waals surface area (Å²) in [4.78, 5) is 71.3. The van der Waals surface area contributed by atoms with E-state index in [1.165, 1.54) is 154 Å². The van der Waals surface area contributed by atoms with Gasteiger partial charge in [-0.25, -0.2) is 29.9 Å². The molecule has 12 heteroatoms. The molecule has 0 saturated heterocycles. The number of aromatic nitrogens is 6. The molecule has 0 saturated carbocycles. The molecule has 75 heavy (non-hydrogen) atoms. The molecule has 3 N–H and O–H groups in total. The molecule has 402 valence electrons. The molecular weight excluding hydrogens is 931 g/mol. The summed E-state index contributed by atoms with van der Waals surface area (Å²) in [7, 11) is 0. The van der Waals surface area contributed by atoms with Crippen LogP contribution >= 0.6 is 0 Å². The van der Waals surface area contributed by atoms with Crippen LogP contribution in [0.25, 0.3) is 66.2 Å². The molecule has 3 aromatic heterocycles. The van der Waals surface area contributed by atoms with E-state index in [1.807, 2.05) is 18.2 Å². The molecule has 4 aromatic carbocycles. The first-order valence-corrected chi connectivity index (χ1v) is 29.7. The maximum atomic E-state index is 13.5. The van der Waals surface area contributed by atoms with Gasteiger partial charge in [0.05, 0.1) is 33.1 Å². The molecule has 0 aliphatic heterocycles. The molecule has 0 aliphatic carbocycles. The molecule has 0 unspecified atom stereocenters. The second-order valence-electron chi connectivity index (χ2n) is 21.2. The largest absolute Gasteiger partial charge is 0.352 e. The van der Waals surface area contributed by atoms with Gasteiger partial charge in [0.25, 0.3) is 17.7 Å². The third-order valence-corrected chi connectivity index (χ3v) is 14.9. The summed E-state index contributed by atoms with van der Waals surface area (Å²) in [5.74, 6) is -0.436. The first kappa shape index (κ1) is 56.8. The molecule has 0 bridgehead atoms. The molecule has 3 heterocycles. The van der Waals surface area contributed by atoms with Gasteiger partial charge in [-0.05, 0) is 73.9 Å². The zero-order valence-corrected chi connectivity index (χ0v) is 45.9. The minimum atomic E-state index is -0.145. The van der Waals surface area contributed by atoms with Crippen molar-refractivity contribution in [3.8, 4) is 0 Å². The fourth-order valence-corrected chi connectivity index (χ4v) is 10.3. The SMILES string of the molecule is CCCCCCCCCCCCNC(=O)c1ccc2nc3c4nc5cc(C(=O)NCCCCCCCCCCCC)ccc5nc4c4nc5cc(C(=O)NCCCCCCCCCCCC)ccc5nc4c3nc2c1. The predicted octanol–water partition coefficient (Wildman–Crippen LogP) is 15.9. The molecule has 7 aromatic rings. The Morgan fingerprint density at radius 1 is 0.280 bits per heavy atom. The second-order valence-corrected chi connectivity index (χ2v) is 21.2. The van der Waals surface area contributed by atoms with Crippen LogP contribution in [0.2, 0.25) is 0 Å². The number of hydrogen-bond acceptors (Lipinski definition) is 9. The van der Waals surface area contributed by atoms with Crippen molar-refractivity contribution in [3.05, 3.63) is 71.3 Å². The van der Waals surface area contributed by atoms with E-state index in [1.54, 1.807) is 36.4 Å². The van der Waals surface area contributed by atoms with Crippen LogP contribution < -0.4 is 16.0 Å². The van der Waals surface area contributed by atoms with Gasteiger partial charge in [-0.2, -0.15) is 0 Å². The van der Waals surface area contributed by atoms with E-state index in [2.05, 4.69) is 36.7 Å². The van der Waals surface area contributed by atoms with Crippen molar-refractivity contribution in [3.63, 3.8) is 0 Å². The minimum absolute atomic E-state index is 0.145. The molecule has 0 atom stereocenters. The van der Waals surface area contributed by atoms with Crippen molar-refractivity contribution in [2.24, 2.45) is 0 Å². The Bertz CT molecular complexity index is 2600. The fraction of sp³-hybridized carbons (Fsp3) is 0.571. The molecule has 0 aliphatic rings. The van der Waals surface area contributed by atoms with Gasteiger partial charge in [0.1, 0.15) is 33.1 Å². The van der Waals surface area contributed by atoms with Crippen LogP contribution in [0.15, 0.2) is 54.6 Å². The highest BCUT2D eigenvalue weighted by atomic mass is 16.2. The maximum Gasteiger partial charge on any atom is 0.251 e. The van der Waals surface area contributed by atoms with Crippen molar-refractivity contribution < 1.29 is 14.4 Å². The number of fused-ring (bicyclic) bond motifs is 9. The number of carbonyl (C=O) groups is 3. The lowest BCUT2D eigenvalue weighted by molar-refractivity contribution is 0.0945. The molecule has 12 nitrogen and oxygen atoms in total. The number of amides is 3. The molecule has 0 spiro atoms. The number of carbonyl (C=O) groups excluding carboxylic acids is 3. The summed E-state index contributed by atoms with van der Waals surface area (Å²) < 4.78 is 0. The molecule has 0 radical (unpaired) electrons. The molecule has 3 amide bonds. The van der Waals surface area contributed by atoms with E-state index in [0.717, 1.165) is 38.5 Å². The van der Waals surface area contributed by atoms with Crippen LogP contribution in [0.1, 0.15) is 244 Å². The number of nitrogens with one attached hydrogen (secondary N) is 3. The highest BCUT2D eigenvalue weighted by Crippen LogP contribution is 2.34. The van der Waals surface area contributed by atoms with Crippen molar-refractivity contribution in [2.45, 2.75) is 213 Å². The number of rotatable bonds is 36. The Hall–Kier alpha value is -5.91. The number of benzene rings is 4. The molecule has 0 fully saturated rings. The highest BCUT2D eigenvalue weighted by Gasteiger charge is 2.21. The standard InChI is InChI=1S/C63H87N9O3/c1-4-7-10-13-16-19-22-25-28-31-40-64-61(73)46-34-37-49-52(43-46)70-58-55(67-49)59-57(69-51-39-36-48(45-54(51)71-59)63(75)66-42-33-30-27-24-21-18-15-12-9-6-3)60-56(58)68-50-38-35-47(44-53(50)72-60)62(74)65-41-32-29-26-23-20-17-14-11-8-5-2/h34-39,43-45H,4-33,40-42H2,1-3H3,(H,64,73)(H,65,74)(H,66,75). The quantitative estimate of drug-likeness (QED) is 0.0197. The topological polar surface area (TPSA) is 165 Å². The van der Waals surface area contributed by atoms with Gasteiger partial charge in [-0.15, -0.1) is 0 Å². The molecular formula is C63H87N9O3. The zero-order valence-electron chi connectivity index (χ0n) is 45.9. The number of hydrogen-bond donors (Lipinski definition) is 3. The Morgan fingerprint density at radius 2 is 0.480 bits per heavy atom. The van der Waals surface area contributed by atoms with Crippen LogP contribution in [-0.2, 0) is 0 Å². The lowest BCUT2D eigenvalue weighted by atomic mass is 10.1. The first-order chi connectivity index (χ1) is 36.9. The summed E-state index contributed by atoms with van der Waals surface area (Å²) >= 11 is 0. The molecule has 7 rings (SSSR count). The zero-order chi connectivity index (χ0) is 52.5. The van der Waals surface area contributed by atoms with Crippen LogP contribution in [0.3, 0.4) is 0 Å². The monoisotopic (exact) mass is 1020 g/mol. The van der Waals surface area contributed by atoms with Gasteiger partial charge in [0.15, 0.2) is 0 Å². The van der Waals surface area contributed by atoms with Crippen LogP contribution in [0.4, 0.5) is 0 Å². The third-order valence-electron chi connectivity index (χ3n) is 14.9. The van der Waals surface area contributed by atoms with Gasteiger partial charge < -0.3 is 16.0 Å². The Morgan fingerprint density at radius 3 is 0.707 bits per heavy atom. The van der Waals surface area contributed by atoms with Gasteiger partial charge >= 0.3 is 0 Å². The van der Waals surface area contributed by atoms with Crippen molar-refractivity contribution in [2.75, 3.05) is 19.6 Å². The lowest BCUT2D eigenvalue weighted by Crippen LogP contribution is -2.24. The smallest absolute Gasteiger partial charge is 0.251 e. The normalized spacial score (nSPS) is 11.7. The van der Waals surface area contributed by atoms with Crippen molar-refractivity contribution >= 4 is 83.9 Å². The Balaban J connectivity index is 1.10. The van der Waals surface area contributed by atoms with Gasteiger partial charge in [0.2, 0.25) is 0 Å². The fourth-order valence-electron chi connectivity index (χ4n) is 10.3. The number of unbranched alkanes of at least 4 members (excludes halogenated alkanes) is 27. The van der Waals surface area contributed by atoms with E-state index < -0.39 is 0 Å². The summed E-state index contributed by atoms with van der Waals surface area (Å²) in [6.45, 7) is 8.62. The predicted molar refractivity (Wildman–Crippen MR) is 311 cm³/mol. The highest BCUT2D eigenvalue weighted by molar-refractivity contribution is 6.21. The van der Waals surface area contributed by atoms with Crippen molar-refractivity contribution in [1.82, 2.24) is 45.9 Å². The van der Waals surface area contributed by atoms with Crippen molar-refractivity contribution in [1.29, 1.82) is 0 Å². The Labute approximate surface area is 446 Å². The first-order valence-electron chi connectivity index (χ1n) is 29.7. The average Bonchev–Trinajstić information content (AvgIpc) is 3.43. The summed E-state index contributed by atoms with van der Waals surface area (Å²) in [6, 6.07) is 16.2. The average molecular weight is 1020 g/mol. The number of nitrogens with zero attached hydrogens (tertiary/aromatic N) is 6. The summed E-state index contributed by atoms with van der Waals surface area (Å²) in [6.07, 6.45) is 37.1. The maximum absolute atomic E-state index is 13.5. The van der Waals surface area contributed by atoms with Crippen LogP contribution in [-0.4, -0.2) is 67.3 Å². The Kier molecular flexibility index (Phi) is 23.6. The van der Waals surface area contributed by atoms with Gasteiger partial charge in [0, 0.05) is 36.3 Å². The summed E-state index contributed by atoms with van der Waals surface area (Å²) in [5.41, 5.74) is 7.83. The van der Waals surface area contributed by atoms with E-state index in [0.29, 0.717) is 103 Å². The second kappa shape index (κ2) is 31.2. The van der Waals surface area contributed by atoms with E-state index >= 15 is 0 Å². The van der Waals surface area contributed by atoms with Gasteiger partial charge in [-0.1, -0.05) is 194 Å². The van der Waals surface area contributed by atoms with Crippen LogP contribution in [0.5, 0.6) is 0 Å². The van der Waals surface area contributed by atoms with Gasteiger partial charge in [-0.3, -0.25) is 14.4 Å². The van der Waals surface area contributed by atoms with E-state index in [9.17, 15) is 14.4 Å². The third kappa shape index (κ3) is 17.0. The minimum Gasteiger partial charge on any atom is -0.352 e.